The topological polar surface area (TPSA) is 66.4 Å². The molecule has 104 valence electrons. The van der Waals surface area contributed by atoms with Crippen molar-refractivity contribution < 1.29 is 13.5 Å². The molecule has 19 heavy (non-hydrogen) atoms. The molecule has 5 heteroatoms. The third-order valence-electron chi connectivity index (χ3n) is 2.30. The Morgan fingerprint density at radius 2 is 2.11 bits per heavy atom. The summed E-state index contributed by atoms with van der Waals surface area (Å²) in [4.78, 5) is 0.212. The predicted molar refractivity (Wildman–Crippen MR) is 75.0 cm³/mol. The van der Waals surface area contributed by atoms with Crippen LogP contribution in [0.1, 0.15) is 25.8 Å². The van der Waals surface area contributed by atoms with Crippen molar-refractivity contribution in [1.29, 1.82) is 0 Å². The van der Waals surface area contributed by atoms with Gasteiger partial charge in [0.05, 0.1) is 11.5 Å². The molecule has 0 unspecified atom stereocenters. The zero-order chi connectivity index (χ0) is 14.3. The zero-order valence-corrected chi connectivity index (χ0v) is 12.0. The quantitative estimate of drug-likeness (QED) is 0.801. The number of sulfonamides is 1. The lowest BCUT2D eigenvalue weighted by atomic mass is 10.2. The van der Waals surface area contributed by atoms with Gasteiger partial charge < -0.3 is 5.11 Å². The van der Waals surface area contributed by atoms with E-state index in [0.717, 1.165) is 0 Å². The Morgan fingerprint density at radius 1 is 1.37 bits per heavy atom. The molecule has 1 rings (SSSR count). The van der Waals surface area contributed by atoms with E-state index < -0.39 is 10.0 Å². The van der Waals surface area contributed by atoms with E-state index in [1.54, 1.807) is 18.2 Å². The van der Waals surface area contributed by atoms with Gasteiger partial charge in [-0.1, -0.05) is 31.8 Å². The first-order valence-corrected chi connectivity index (χ1v) is 7.63. The van der Waals surface area contributed by atoms with Crippen molar-refractivity contribution in [3.8, 4) is 11.8 Å². The van der Waals surface area contributed by atoms with Crippen molar-refractivity contribution >= 4 is 10.0 Å². The lowest BCUT2D eigenvalue weighted by Gasteiger charge is -2.08. The molecular weight excluding hydrogens is 262 g/mol. The van der Waals surface area contributed by atoms with Crippen molar-refractivity contribution in [2.24, 2.45) is 5.92 Å². The summed E-state index contributed by atoms with van der Waals surface area (Å²) in [6, 6.07) is 6.48. The Morgan fingerprint density at radius 3 is 2.74 bits per heavy atom. The summed E-state index contributed by atoms with van der Waals surface area (Å²) < 4.78 is 26.6. The number of aliphatic hydroxyl groups is 1. The van der Waals surface area contributed by atoms with E-state index in [2.05, 4.69) is 16.6 Å². The van der Waals surface area contributed by atoms with Gasteiger partial charge in [0.25, 0.3) is 0 Å². The predicted octanol–water partition coefficient (Wildman–Crippen LogP) is 1.35. The van der Waals surface area contributed by atoms with Gasteiger partial charge in [0.15, 0.2) is 0 Å². The maximum atomic E-state index is 12.0. The second kappa shape index (κ2) is 7.29. The highest BCUT2D eigenvalue weighted by Gasteiger charge is 2.13. The normalized spacial score (nSPS) is 11.2. The molecule has 2 N–H and O–H groups in total. The van der Waals surface area contributed by atoms with Gasteiger partial charge in [-0.15, -0.1) is 0 Å². The van der Waals surface area contributed by atoms with E-state index >= 15 is 0 Å². The summed E-state index contributed by atoms with van der Waals surface area (Å²) in [5.41, 5.74) is 0.626. The first-order chi connectivity index (χ1) is 8.95. The molecule has 0 heterocycles. The fraction of sp³-hybridized carbons (Fsp3) is 0.429. The standard InChI is InChI=1S/C14H19NO3S/c1-12(2)11-15-19(17,18)14-8-5-7-13(10-14)6-3-4-9-16/h5,7-8,10,12,15-16H,4,9,11H2,1-2H3. The molecule has 0 radical (unpaired) electrons. The van der Waals surface area contributed by atoms with Crippen molar-refractivity contribution in [1.82, 2.24) is 4.72 Å². The van der Waals surface area contributed by atoms with Gasteiger partial charge in [-0.2, -0.15) is 0 Å². The summed E-state index contributed by atoms with van der Waals surface area (Å²) in [5, 5.41) is 8.64. The summed E-state index contributed by atoms with van der Waals surface area (Å²) in [6.45, 7) is 4.29. The third kappa shape index (κ3) is 5.43. The lowest BCUT2D eigenvalue weighted by molar-refractivity contribution is 0.305. The second-order valence-electron chi connectivity index (χ2n) is 4.55. The van der Waals surface area contributed by atoms with E-state index in [9.17, 15) is 8.42 Å². The van der Waals surface area contributed by atoms with E-state index in [1.165, 1.54) is 6.07 Å². The maximum Gasteiger partial charge on any atom is 0.240 e. The molecule has 0 saturated carbocycles. The fourth-order valence-corrected chi connectivity index (χ4v) is 2.58. The van der Waals surface area contributed by atoms with E-state index in [-0.39, 0.29) is 17.4 Å². The molecule has 1 aromatic rings. The molecule has 0 aliphatic heterocycles. The van der Waals surface area contributed by atoms with Crippen molar-refractivity contribution in [3.63, 3.8) is 0 Å². The van der Waals surface area contributed by atoms with Crippen LogP contribution in [-0.4, -0.2) is 26.7 Å². The number of aliphatic hydroxyl groups excluding tert-OH is 1. The van der Waals surface area contributed by atoms with Crippen molar-refractivity contribution in [2.75, 3.05) is 13.2 Å². The highest BCUT2D eigenvalue weighted by atomic mass is 32.2. The fourth-order valence-electron chi connectivity index (χ4n) is 1.32. The largest absolute Gasteiger partial charge is 0.395 e. The molecule has 0 aromatic heterocycles. The Kier molecular flexibility index (Phi) is 6.03. The molecule has 0 amide bonds. The average Bonchev–Trinajstić information content (AvgIpc) is 2.37. The Hall–Kier alpha value is -1.35. The van der Waals surface area contributed by atoms with E-state index in [0.29, 0.717) is 18.5 Å². The Balaban J connectivity index is 2.90. The first-order valence-electron chi connectivity index (χ1n) is 6.15. The van der Waals surface area contributed by atoms with Gasteiger partial charge in [0.2, 0.25) is 10.0 Å². The van der Waals surface area contributed by atoms with Crippen molar-refractivity contribution in [3.05, 3.63) is 29.8 Å². The third-order valence-corrected chi connectivity index (χ3v) is 3.72. The minimum atomic E-state index is -3.48. The lowest BCUT2D eigenvalue weighted by Crippen LogP contribution is -2.27. The molecule has 0 fully saturated rings. The van der Waals surface area contributed by atoms with Gasteiger partial charge in [-0.05, 0) is 24.1 Å². The second-order valence-corrected chi connectivity index (χ2v) is 6.32. The van der Waals surface area contributed by atoms with Gasteiger partial charge in [0.1, 0.15) is 0 Å². The highest BCUT2D eigenvalue weighted by molar-refractivity contribution is 7.89. The van der Waals surface area contributed by atoms with Crippen LogP contribution in [0.25, 0.3) is 0 Å². The number of rotatable bonds is 5. The minimum absolute atomic E-state index is 0.000926. The van der Waals surface area contributed by atoms with E-state index in [1.807, 2.05) is 13.8 Å². The van der Waals surface area contributed by atoms with Crippen LogP contribution in [0, 0.1) is 17.8 Å². The molecule has 0 spiro atoms. The van der Waals surface area contributed by atoms with Crippen molar-refractivity contribution in [2.45, 2.75) is 25.2 Å². The molecule has 0 atom stereocenters. The Bertz CT molecular complexity index is 568. The zero-order valence-electron chi connectivity index (χ0n) is 11.2. The molecule has 0 aliphatic rings. The molecule has 0 aliphatic carbocycles. The summed E-state index contributed by atoms with van der Waals surface area (Å²) in [5.74, 6) is 5.84. The summed E-state index contributed by atoms with van der Waals surface area (Å²) in [7, 11) is -3.48. The smallest absolute Gasteiger partial charge is 0.240 e. The van der Waals surface area contributed by atoms with Crippen LogP contribution in [0.5, 0.6) is 0 Å². The summed E-state index contributed by atoms with van der Waals surface area (Å²) in [6.07, 6.45) is 0.378. The number of hydrogen-bond donors (Lipinski definition) is 2. The SMILES string of the molecule is CC(C)CNS(=O)(=O)c1cccc(C#CCCO)c1. The average molecular weight is 281 g/mol. The number of nitrogens with one attached hydrogen (secondary N) is 1. The summed E-state index contributed by atoms with van der Waals surface area (Å²) >= 11 is 0. The van der Waals surface area contributed by atoms with Gasteiger partial charge in [0, 0.05) is 18.5 Å². The molecule has 0 bridgehead atoms. The van der Waals surface area contributed by atoms with Crippen LogP contribution in [0.3, 0.4) is 0 Å². The highest BCUT2D eigenvalue weighted by Crippen LogP contribution is 2.11. The molecular formula is C14H19NO3S. The number of benzene rings is 1. The monoisotopic (exact) mass is 281 g/mol. The van der Waals surface area contributed by atoms with Gasteiger partial charge in [-0.25, -0.2) is 13.1 Å². The van der Waals surface area contributed by atoms with Crippen LogP contribution in [-0.2, 0) is 10.0 Å². The van der Waals surface area contributed by atoms with Crippen LogP contribution in [0.2, 0.25) is 0 Å². The molecule has 1 aromatic carbocycles. The van der Waals surface area contributed by atoms with Gasteiger partial charge >= 0.3 is 0 Å². The van der Waals surface area contributed by atoms with Crippen LogP contribution in [0.4, 0.5) is 0 Å². The van der Waals surface area contributed by atoms with Crippen LogP contribution >= 0.6 is 0 Å². The number of hydrogen-bond acceptors (Lipinski definition) is 3. The first kappa shape index (κ1) is 15.7. The van der Waals surface area contributed by atoms with E-state index in [4.69, 9.17) is 5.11 Å². The Labute approximate surface area is 114 Å². The maximum absolute atomic E-state index is 12.0. The van der Waals surface area contributed by atoms with Crippen LogP contribution < -0.4 is 4.72 Å². The van der Waals surface area contributed by atoms with Gasteiger partial charge in [-0.3, -0.25) is 0 Å². The van der Waals surface area contributed by atoms with Crippen LogP contribution in [0.15, 0.2) is 29.2 Å². The molecule has 0 saturated heterocycles. The molecule has 4 nitrogen and oxygen atoms in total. The minimum Gasteiger partial charge on any atom is -0.395 e.